The van der Waals surface area contributed by atoms with E-state index in [1.54, 1.807) is 19.2 Å². The van der Waals surface area contributed by atoms with Gasteiger partial charge in [-0.25, -0.2) is 13.8 Å². The van der Waals surface area contributed by atoms with Gasteiger partial charge >= 0.3 is 0 Å². The third kappa shape index (κ3) is 3.81. The summed E-state index contributed by atoms with van der Waals surface area (Å²) in [7, 11) is 1.60. The van der Waals surface area contributed by atoms with Crippen LogP contribution in [0.15, 0.2) is 54.6 Å². The van der Waals surface area contributed by atoms with Gasteiger partial charge in [0.05, 0.1) is 17.5 Å². The van der Waals surface area contributed by atoms with Crippen molar-refractivity contribution in [3.8, 4) is 5.75 Å². The summed E-state index contributed by atoms with van der Waals surface area (Å²) in [5, 5.41) is 6.40. The summed E-state index contributed by atoms with van der Waals surface area (Å²) in [5.41, 5.74) is 1.31. The number of benzene rings is 3. The van der Waals surface area contributed by atoms with Gasteiger partial charge in [0.1, 0.15) is 28.5 Å². The molecule has 0 atom stereocenters. The molecule has 0 bridgehead atoms. The molecule has 1 amide bonds. The number of ether oxygens (including phenoxy) is 1. The molecule has 3 aromatic carbocycles. The molecule has 1 aromatic heterocycles. The van der Waals surface area contributed by atoms with Gasteiger partial charge in [-0.3, -0.25) is 4.79 Å². The first-order valence-corrected chi connectivity index (χ1v) is 9.84. The highest BCUT2D eigenvalue weighted by Crippen LogP contribution is 2.33. The summed E-state index contributed by atoms with van der Waals surface area (Å²) < 4.78 is 34.3. The molecular formula is C22H17F2N3O2S. The third-order valence-electron chi connectivity index (χ3n) is 4.52. The Morgan fingerprint density at radius 2 is 1.83 bits per heavy atom. The van der Waals surface area contributed by atoms with Crippen LogP contribution in [0.2, 0.25) is 0 Å². The van der Waals surface area contributed by atoms with E-state index in [0.717, 1.165) is 22.2 Å². The molecule has 5 nitrogen and oxygen atoms in total. The van der Waals surface area contributed by atoms with E-state index in [0.29, 0.717) is 16.3 Å². The van der Waals surface area contributed by atoms with Crippen LogP contribution in [0.3, 0.4) is 0 Å². The van der Waals surface area contributed by atoms with Gasteiger partial charge in [-0.1, -0.05) is 23.5 Å². The van der Waals surface area contributed by atoms with Gasteiger partial charge in [0.25, 0.3) is 5.91 Å². The Hall–Kier alpha value is -3.52. The second-order valence-corrected chi connectivity index (χ2v) is 7.56. The maximum atomic E-state index is 14.3. The zero-order valence-corrected chi connectivity index (χ0v) is 16.9. The van der Waals surface area contributed by atoms with Gasteiger partial charge < -0.3 is 15.4 Å². The minimum atomic E-state index is -0.914. The van der Waals surface area contributed by atoms with Crippen LogP contribution >= 0.6 is 11.3 Å². The molecule has 152 valence electrons. The molecule has 4 rings (SSSR count). The molecule has 8 heteroatoms. The number of amides is 1. The second kappa shape index (κ2) is 8.08. The molecule has 2 N–H and O–H groups in total. The molecule has 0 saturated heterocycles. The molecule has 0 spiro atoms. The van der Waals surface area contributed by atoms with Crippen molar-refractivity contribution in [2.45, 2.75) is 6.92 Å². The number of methoxy groups -OCH3 is 1. The molecule has 0 unspecified atom stereocenters. The number of halogens is 2. The maximum Gasteiger partial charge on any atom is 0.261 e. The standard InChI is InChI=1S/C22H17F2N3O2S/c1-12-6-11-15(23)18(19(12)24)21(28)26-16-4-3-5-17-20(16)27-22(30-17)25-13-7-9-14(29-2)10-8-13/h3-11H,1-2H3,(H,25,27)(H,26,28). The predicted molar refractivity (Wildman–Crippen MR) is 115 cm³/mol. The van der Waals surface area contributed by atoms with Gasteiger partial charge in [0.2, 0.25) is 0 Å². The van der Waals surface area contributed by atoms with Gasteiger partial charge in [-0.15, -0.1) is 0 Å². The fraction of sp³-hybridized carbons (Fsp3) is 0.0909. The number of anilines is 3. The fourth-order valence-electron chi connectivity index (χ4n) is 2.95. The largest absolute Gasteiger partial charge is 0.497 e. The van der Waals surface area contributed by atoms with Crippen molar-refractivity contribution >= 4 is 44.0 Å². The second-order valence-electron chi connectivity index (χ2n) is 6.53. The SMILES string of the molecule is COc1ccc(Nc2nc3c(NC(=O)c4c(F)ccc(C)c4F)cccc3s2)cc1. The summed E-state index contributed by atoms with van der Waals surface area (Å²) in [4.78, 5) is 17.1. The summed E-state index contributed by atoms with van der Waals surface area (Å²) >= 11 is 1.39. The average Bonchev–Trinajstić information content (AvgIpc) is 3.15. The van der Waals surface area contributed by atoms with Crippen molar-refractivity contribution < 1.29 is 18.3 Å². The van der Waals surface area contributed by atoms with E-state index in [-0.39, 0.29) is 5.56 Å². The maximum absolute atomic E-state index is 14.3. The highest BCUT2D eigenvalue weighted by molar-refractivity contribution is 7.22. The summed E-state index contributed by atoms with van der Waals surface area (Å²) in [6, 6.07) is 15.0. The van der Waals surface area contributed by atoms with E-state index in [4.69, 9.17) is 4.74 Å². The first-order chi connectivity index (χ1) is 14.5. The lowest BCUT2D eigenvalue weighted by Crippen LogP contribution is -2.16. The number of carbonyl (C=O) groups is 1. The molecule has 0 aliphatic heterocycles. The number of aryl methyl sites for hydroxylation is 1. The van der Waals surface area contributed by atoms with Crippen molar-refractivity contribution in [2.24, 2.45) is 0 Å². The van der Waals surface area contributed by atoms with E-state index in [2.05, 4.69) is 15.6 Å². The summed E-state index contributed by atoms with van der Waals surface area (Å²) in [6.07, 6.45) is 0. The van der Waals surface area contributed by atoms with Crippen LogP contribution in [0.5, 0.6) is 5.75 Å². The fourth-order valence-corrected chi connectivity index (χ4v) is 3.86. The zero-order chi connectivity index (χ0) is 21.3. The lowest BCUT2D eigenvalue weighted by Gasteiger charge is -2.09. The number of nitrogens with zero attached hydrogens (tertiary/aromatic N) is 1. The molecule has 30 heavy (non-hydrogen) atoms. The van der Waals surface area contributed by atoms with Crippen LogP contribution in [-0.2, 0) is 0 Å². The monoisotopic (exact) mass is 425 g/mol. The number of hydrogen-bond donors (Lipinski definition) is 2. The van der Waals surface area contributed by atoms with E-state index in [1.165, 1.54) is 24.3 Å². The Morgan fingerprint density at radius 3 is 2.57 bits per heavy atom. The Morgan fingerprint density at radius 1 is 1.07 bits per heavy atom. The van der Waals surface area contributed by atoms with Crippen LogP contribution in [0.1, 0.15) is 15.9 Å². The number of carbonyl (C=O) groups excluding carboxylic acids is 1. The Balaban J connectivity index is 1.62. The van der Waals surface area contributed by atoms with E-state index in [9.17, 15) is 13.6 Å². The average molecular weight is 425 g/mol. The first kappa shape index (κ1) is 19.8. The Labute approximate surface area is 175 Å². The predicted octanol–water partition coefficient (Wildman–Crippen LogP) is 5.89. The molecule has 0 saturated carbocycles. The highest BCUT2D eigenvalue weighted by atomic mass is 32.1. The molecule has 0 aliphatic rings. The molecule has 4 aromatic rings. The van der Waals surface area contributed by atoms with Crippen molar-refractivity contribution in [2.75, 3.05) is 17.7 Å². The van der Waals surface area contributed by atoms with Crippen LogP contribution in [0.4, 0.5) is 25.3 Å². The number of hydrogen-bond acceptors (Lipinski definition) is 5. The van der Waals surface area contributed by atoms with Crippen molar-refractivity contribution in [3.63, 3.8) is 0 Å². The zero-order valence-electron chi connectivity index (χ0n) is 16.1. The molecular weight excluding hydrogens is 408 g/mol. The minimum absolute atomic E-state index is 0.194. The topological polar surface area (TPSA) is 63.2 Å². The first-order valence-electron chi connectivity index (χ1n) is 9.03. The van der Waals surface area contributed by atoms with Crippen LogP contribution in [0, 0.1) is 18.6 Å². The van der Waals surface area contributed by atoms with E-state index >= 15 is 0 Å². The number of nitrogens with one attached hydrogen (secondary N) is 2. The normalized spacial score (nSPS) is 10.8. The number of para-hydroxylation sites is 1. The van der Waals surface area contributed by atoms with Gasteiger partial charge in [0, 0.05) is 5.69 Å². The molecule has 1 heterocycles. The van der Waals surface area contributed by atoms with E-state index < -0.39 is 23.1 Å². The molecule has 0 radical (unpaired) electrons. The lowest BCUT2D eigenvalue weighted by molar-refractivity contribution is 0.101. The van der Waals surface area contributed by atoms with Gasteiger partial charge in [0.15, 0.2) is 5.13 Å². The van der Waals surface area contributed by atoms with Crippen molar-refractivity contribution in [3.05, 3.63) is 77.4 Å². The van der Waals surface area contributed by atoms with Crippen LogP contribution in [-0.4, -0.2) is 18.0 Å². The molecule has 0 fully saturated rings. The van der Waals surface area contributed by atoms with Crippen molar-refractivity contribution in [1.29, 1.82) is 0 Å². The van der Waals surface area contributed by atoms with Gasteiger partial charge in [-0.05, 0) is 55.0 Å². The number of thiazole rings is 1. The quantitative estimate of drug-likeness (QED) is 0.419. The van der Waals surface area contributed by atoms with Gasteiger partial charge in [-0.2, -0.15) is 0 Å². The molecule has 0 aliphatic carbocycles. The highest BCUT2D eigenvalue weighted by Gasteiger charge is 2.20. The van der Waals surface area contributed by atoms with Crippen LogP contribution < -0.4 is 15.4 Å². The number of aromatic nitrogens is 1. The number of rotatable bonds is 5. The van der Waals surface area contributed by atoms with Crippen molar-refractivity contribution in [1.82, 2.24) is 4.98 Å². The number of fused-ring (bicyclic) bond motifs is 1. The van der Waals surface area contributed by atoms with Crippen LogP contribution in [0.25, 0.3) is 10.2 Å². The summed E-state index contributed by atoms with van der Waals surface area (Å²) in [6.45, 7) is 1.48. The summed E-state index contributed by atoms with van der Waals surface area (Å²) in [5.74, 6) is -1.91. The minimum Gasteiger partial charge on any atom is -0.497 e. The van der Waals surface area contributed by atoms with E-state index in [1.807, 2.05) is 30.3 Å². The Bertz CT molecular complexity index is 1240. The Kier molecular flexibility index (Phi) is 5.33. The smallest absolute Gasteiger partial charge is 0.261 e. The lowest BCUT2D eigenvalue weighted by atomic mass is 10.1. The third-order valence-corrected chi connectivity index (χ3v) is 5.46.